The van der Waals surface area contributed by atoms with Crippen LogP contribution in [0, 0.1) is 0 Å². The van der Waals surface area contributed by atoms with E-state index in [1.165, 1.54) is 0 Å². The molecule has 0 radical (unpaired) electrons. The third-order valence-corrected chi connectivity index (χ3v) is 3.13. The number of Topliss-reactive ketones (excluding diaryl/α,β-unsaturated/α-hetero) is 1. The molecule has 1 N–H and O–H groups in total. The lowest BCUT2D eigenvalue weighted by molar-refractivity contribution is -0.118. The van der Waals surface area contributed by atoms with Crippen LogP contribution in [0.25, 0.3) is 0 Å². The second-order valence-electron chi connectivity index (χ2n) is 4.50. The summed E-state index contributed by atoms with van der Waals surface area (Å²) >= 11 is 5.54. The summed E-state index contributed by atoms with van der Waals surface area (Å²) < 4.78 is 5.09. The maximum atomic E-state index is 11.7. The third kappa shape index (κ3) is 6.06. The molecule has 1 aromatic rings. The summed E-state index contributed by atoms with van der Waals surface area (Å²) in [6, 6.07) is 8.81. The van der Waals surface area contributed by atoms with Gasteiger partial charge in [0.15, 0.2) is 5.78 Å². The monoisotopic (exact) mass is 297 g/mol. The van der Waals surface area contributed by atoms with Crippen molar-refractivity contribution >= 4 is 23.5 Å². The van der Waals surface area contributed by atoms with Crippen molar-refractivity contribution in [2.24, 2.45) is 0 Å². The lowest BCUT2D eigenvalue weighted by Crippen LogP contribution is -2.41. The van der Waals surface area contributed by atoms with Gasteiger partial charge in [0.05, 0.1) is 11.9 Å². The number of ketones is 1. The highest BCUT2D eigenvalue weighted by Crippen LogP contribution is 2.05. The van der Waals surface area contributed by atoms with Crippen LogP contribution in [0.2, 0.25) is 0 Å². The van der Waals surface area contributed by atoms with Crippen LogP contribution in [-0.4, -0.2) is 23.8 Å². The Morgan fingerprint density at radius 3 is 2.60 bits per heavy atom. The van der Waals surface area contributed by atoms with Crippen molar-refractivity contribution < 1.29 is 14.3 Å². The van der Waals surface area contributed by atoms with Crippen LogP contribution >= 0.6 is 11.6 Å². The first-order chi connectivity index (χ1) is 9.67. The Labute approximate surface area is 124 Å². The van der Waals surface area contributed by atoms with E-state index >= 15 is 0 Å². The van der Waals surface area contributed by atoms with Gasteiger partial charge in [0.2, 0.25) is 0 Å². The topological polar surface area (TPSA) is 55.4 Å². The Bertz CT molecular complexity index is 422. The summed E-state index contributed by atoms with van der Waals surface area (Å²) in [6.07, 6.45) is 1.80. The van der Waals surface area contributed by atoms with E-state index in [2.05, 4.69) is 5.32 Å². The quantitative estimate of drug-likeness (QED) is 0.749. The highest BCUT2D eigenvalue weighted by molar-refractivity contribution is 6.28. The second kappa shape index (κ2) is 9.37. The highest BCUT2D eigenvalue weighted by Gasteiger charge is 2.19. The van der Waals surface area contributed by atoms with Crippen LogP contribution < -0.4 is 5.32 Å². The van der Waals surface area contributed by atoms with Crippen LogP contribution in [0.4, 0.5) is 4.79 Å². The Morgan fingerprint density at radius 2 is 2.00 bits per heavy atom. The molecule has 1 aromatic carbocycles. The van der Waals surface area contributed by atoms with E-state index < -0.39 is 12.1 Å². The van der Waals surface area contributed by atoms with E-state index in [-0.39, 0.29) is 18.3 Å². The first kappa shape index (κ1) is 16.5. The molecule has 4 nitrogen and oxygen atoms in total. The van der Waals surface area contributed by atoms with E-state index in [9.17, 15) is 9.59 Å². The zero-order chi connectivity index (χ0) is 14.8. The van der Waals surface area contributed by atoms with Gasteiger partial charge >= 0.3 is 6.09 Å². The van der Waals surface area contributed by atoms with E-state index in [0.29, 0.717) is 6.42 Å². The van der Waals surface area contributed by atoms with E-state index in [4.69, 9.17) is 16.3 Å². The number of ether oxygens (including phenoxy) is 1. The Balaban J connectivity index is 2.43. The summed E-state index contributed by atoms with van der Waals surface area (Å²) in [6.45, 7) is 2.21. The number of alkyl halides is 1. The Hall–Kier alpha value is -1.55. The van der Waals surface area contributed by atoms with Gasteiger partial charge in [-0.15, -0.1) is 11.6 Å². The molecule has 0 aromatic heterocycles. The molecule has 0 saturated carbocycles. The van der Waals surface area contributed by atoms with E-state index in [1.54, 1.807) is 0 Å². The summed E-state index contributed by atoms with van der Waals surface area (Å²) in [5.74, 6) is -0.287. The predicted molar refractivity (Wildman–Crippen MR) is 78.8 cm³/mol. The van der Waals surface area contributed by atoms with Crippen LogP contribution in [-0.2, 0) is 16.1 Å². The minimum absolute atomic E-state index is 0.104. The molecule has 0 aliphatic rings. The van der Waals surface area contributed by atoms with E-state index in [1.807, 2.05) is 37.3 Å². The molecule has 1 rings (SSSR count). The van der Waals surface area contributed by atoms with Gasteiger partial charge in [0.25, 0.3) is 0 Å². The maximum absolute atomic E-state index is 11.7. The average molecular weight is 298 g/mol. The summed E-state index contributed by atoms with van der Waals surface area (Å²) in [7, 11) is 0. The average Bonchev–Trinajstić information content (AvgIpc) is 2.49. The van der Waals surface area contributed by atoms with Gasteiger partial charge in [-0.25, -0.2) is 4.79 Å². The number of alkyl carbamates (subject to hydrolysis) is 1. The largest absolute Gasteiger partial charge is 0.445 e. The molecule has 20 heavy (non-hydrogen) atoms. The van der Waals surface area contributed by atoms with Gasteiger partial charge in [-0.05, 0) is 12.0 Å². The van der Waals surface area contributed by atoms with Crippen molar-refractivity contribution in [1.82, 2.24) is 5.32 Å². The van der Waals surface area contributed by atoms with Crippen molar-refractivity contribution in [1.29, 1.82) is 0 Å². The van der Waals surface area contributed by atoms with Gasteiger partial charge < -0.3 is 10.1 Å². The first-order valence-corrected chi connectivity index (χ1v) is 7.26. The van der Waals surface area contributed by atoms with Crippen LogP contribution in [0.5, 0.6) is 0 Å². The molecular weight excluding hydrogens is 278 g/mol. The smallest absolute Gasteiger partial charge is 0.408 e. The summed E-state index contributed by atoms with van der Waals surface area (Å²) in [4.78, 5) is 23.3. The Morgan fingerprint density at radius 1 is 1.30 bits per heavy atom. The first-order valence-electron chi connectivity index (χ1n) is 6.73. The number of carbonyl (C=O) groups is 2. The molecule has 0 aliphatic heterocycles. The summed E-state index contributed by atoms with van der Waals surface area (Å²) in [5.41, 5.74) is 0.899. The third-order valence-electron chi connectivity index (χ3n) is 2.87. The number of carbonyl (C=O) groups excluding carboxylic acids is 2. The van der Waals surface area contributed by atoms with Crippen LogP contribution in [0.1, 0.15) is 31.7 Å². The SMILES string of the molecule is CCCCC(NC(=O)OCc1ccccc1)C(=O)CCl. The zero-order valence-electron chi connectivity index (χ0n) is 11.6. The molecular formula is C15H20ClNO3. The van der Waals surface area contributed by atoms with Crippen molar-refractivity contribution in [3.8, 4) is 0 Å². The molecule has 0 heterocycles. The molecule has 0 fully saturated rings. The van der Waals surface area contributed by atoms with Crippen LogP contribution in [0.3, 0.4) is 0 Å². The van der Waals surface area contributed by atoms with Gasteiger partial charge in [0.1, 0.15) is 6.61 Å². The number of benzene rings is 1. The fraction of sp³-hybridized carbons (Fsp3) is 0.467. The molecule has 1 amide bonds. The number of hydrogen-bond donors (Lipinski definition) is 1. The van der Waals surface area contributed by atoms with Gasteiger partial charge in [-0.3, -0.25) is 4.79 Å². The minimum Gasteiger partial charge on any atom is -0.445 e. The second-order valence-corrected chi connectivity index (χ2v) is 4.77. The van der Waals surface area contributed by atoms with E-state index in [0.717, 1.165) is 18.4 Å². The molecule has 5 heteroatoms. The van der Waals surface area contributed by atoms with Crippen LogP contribution in [0.15, 0.2) is 30.3 Å². The number of hydrogen-bond acceptors (Lipinski definition) is 3. The molecule has 0 bridgehead atoms. The zero-order valence-corrected chi connectivity index (χ0v) is 12.4. The maximum Gasteiger partial charge on any atom is 0.408 e. The van der Waals surface area contributed by atoms with Crippen molar-refractivity contribution in [3.63, 3.8) is 0 Å². The number of nitrogens with one attached hydrogen (secondary N) is 1. The summed E-state index contributed by atoms with van der Waals surface area (Å²) in [5, 5.41) is 2.58. The van der Waals surface area contributed by atoms with Gasteiger partial charge in [-0.1, -0.05) is 50.1 Å². The van der Waals surface area contributed by atoms with Crippen molar-refractivity contribution in [2.45, 2.75) is 38.8 Å². The fourth-order valence-electron chi connectivity index (χ4n) is 1.72. The van der Waals surface area contributed by atoms with Gasteiger partial charge in [0, 0.05) is 0 Å². The Kier molecular flexibility index (Phi) is 7.73. The lowest BCUT2D eigenvalue weighted by atomic mass is 10.1. The molecule has 1 atom stereocenters. The normalized spacial score (nSPS) is 11.7. The molecule has 0 saturated heterocycles. The predicted octanol–water partition coefficient (Wildman–Crippen LogP) is 3.28. The number of rotatable bonds is 8. The van der Waals surface area contributed by atoms with Crippen molar-refractivity contribution in [2.75, 3.05) is 5.88 Å². The molecule has 0 spiro atoms. The number of unbranched alkanes of at least 4 members (excludes halogenated alkanes) is 1. The number of halogens is 1. The lowest BCUT2D eigenvalue weighted by Gasteiger charge is -2.16. The number of amides is 1. The fourth-order valence-corrected chi connectivity index (χ4v) is 1.91. The standard InChI is InChI=1S/C15H20ClNO3/c1-2-3-9-13(14(18)10-16)17-15(19)20-11-12-7-5-4-6-8-12/h4-8,13H,2-3,9-11H2,1H3,(H,17,19). The minimum atomic E-state index is -0.589. The highest BCUT2D eigenvalue weighted by atomic mass is 35.5. The molecule has 0 aliphatic carbocycles. The molecule has 110 valence electrons. The van der Waals surface area contributed by atoms with Gasteiger partial charge in [-0.2, -0.15) is 0 Å². The van der Waals surface area contributed by atoms with Crippen molar-refractivity contribution in [3.05, 3.63) is 35.9 Å². The molecule has 1 unspecified atom stereocenters.